The van der Waals surface area contributed by atoms with Gasteiger partial charge in [0.25, 0.3) is 0 Å². The molecule has 0 aliphatic carbocycles. The number of rotatable bonds is 5. The summed E-state index contributed by atoms with van der Waals surface area (Å²) in [5, 5.41) is 12.7. The first kappa shape index (κ1) is 32.2. The second kappa shape index (κ2) is 13.2. The Hall–Kier alpha value is -7.28. The van der Waals surface area contributed by atoms with Gasteiger partial charge in [-0.3, -0.25) is 0 Å². The molecule has 0 atom stereocenters. The summed E-state index contributed by atoms with van der Waals surface area (Å²) in [6, 6.07) is 80.4. The molecule has 11 aromatic rings. The fourth-order valence-electron chi connectivity index (χ4n) is 8.97. The van der Waals surface area contributed by atoms with Crippen LogP contribution in [0.1, 0.15) is 0 Å². The highest BCUT2D eigenvalue weighted by molar-refractivity contribution is 6.25. The molecule has 0 saturated carbocycles. The lowest BCUT2D eigenvalue weighted by atomic mass is 9.83. The van der Waals surface area contributed by atoms with Gasteiger partial charge in [0, 0.05) is 0 Å². The molecule has 0 amide bonds. The van der Waals surface area contributed by atoms with Crippen molar-refractivity contribution in [1.82, 2.24) is 0 Å². The van der Waals surface area contributed by atoms with E-state index in [4.69, 9.17) is 0 Å². The van der Waals surface area contributed by atoms with Crippen LogP contribution in [0.5, 0.6) is 0 Å². The molecule has 0 aliphatic heterocycles. The van der Waals surface area contributed by atoms with E-state index in [1.807, 2.05) is 0 Å². The maximum Gasteiger partial charge on any atom is -0.00201 e. The minimum atomic E-state index is 1.20. The van der Waals surface area contributed by atoms with Gasteiger partial charge in [0.15, 0.2) is 0 Å². The molecule has 0 saturated heterocycles. The van der Waals surface area contributed by atoms with Crippen LogP contribution < -0.4 is 0 Å². The Morgan fingerprint density at radius 3 is 1.25 bits per heavy atom. The van der Waals surface area contributed by atoms with Gasteiger partial charge in [-0.15, -0.1) is 0 Å². The van der Waals surface area contributed by atoms with Crippen LogP contribution in [0.15, 0.2) is 218 Å². The van der Waals surface area contributed by atoms with E-state index in [0.717, 1.165) is 0 Å². The van der Waals surface area contributed by atoms with E-state index < -0.39 is 0 Å². The Kier molecular flexibility index (Phi) is 7.60. The van der Waals surface area contributed by atoms with Crippen LogP contribution >= 0.6 is 0 Å². The third-order valence-electron chi connectivity index (χ3n) is 11.6. The Balaban J connectivity index is 1.13. The minimum Gasteiger partial charge on any atom is -0.0622 e. The van der Waals surface area contributed by atoms with Crippen molar-refractivity contribution in [3.8, 4) is 55.6 Å². The summed E-state index contributed by atoms with van der Waals surface area (Å²) in [5.41, 5.74) is 12.3. The van der Waals surface area contributed by atoms with E-state index in [2.05, 4.69) is 218 Å². The van der Waals surface area contributed by atoms with E-state index >= 15 is 0 Å². The molecule has 260 valence electrons. The lowest BCUT2D eigenvalue weighted by Gasteiger charge is -2.19. The number of benzene rings is 11. The summed E-state index contributed by atoms with van der Waals surface area (Å²) >= 11 is 0. The van der Waals surface area contributed by atoms with Crippen molar-refractivity contribution in [3.05, 3.63) is 218 Å². The van der Waals surface area contributed by atoms with Crippen molar-refractivity contribution >= 4 is 53.9 Å². The molecule has 0 radical (unpaired) electrons. The molecule has 0 nitrogen and oxygen atoms in total. The Bertz CT molecular complexity index is 3170. The third kappa shape index (κ3) is 5.38. The van der Waals surface area contributed by atoms with Gasteiger partial charge in [0.05, 0.1) is 0 Å². The first-order valence-electron chi connectivity index (χ1n) is 19.4. The normalized spacial score (nSPS) is 11.6. The van der Waals surface area contributed by atoms with Crippen LogP contribution in [0.2, 0.25) is 0 Å². The molecule has 0 heteroatoms. The molecule has 0 spiro atoms. The molecular formula is C56H36. The molecule has 11 aromatic carbocycles. The average molecular weight is 709 g/mol. The van der Waals surface area contributed by atoms with Gasteiger partial charge in [0.1, 0.15) is 0 Å². The zero-order chi connectivity index (χ0) is 37.0. The van der Waals surface area contributed by atoms with Gasteiger partial charge in [-0.2, -0.15) is 0 Å². The third-order valence-corrected chi connectivity index (χ3v) is 11.6. The molecule has 56 heavy (non-hydrogen) atoms. The van der Waals surface area contributed by atoms with Crippen molar-refractivity contribution < 1.29 is 0 Å². The van der Waals surface area contributed by atoms with E-state index in [0.29, 0.717) is 0 Å². The predicted octanol–water partition coefficient (Wildman–Crippen LogP) is 15.8. The number of hydrogen-bond acceptors (Lipinski definition) is 0. The molecule has 0 bridgehead atoms. The largest absolute Gasteiger partial charge is 0.0622 e. The van der Waals surface area contributed by atoms with Crippen molar-refractivity contribution in [2.24, 2.45) is 0 Å². The van der Waals surface area contributed by atoms with Crippen LogP contribution in [-0.4, -0.2) is 0 Å². The van der Waals surface area contributed by atoms with Gasteiger partial charge < -0.3 is 0 Å². The molecule has 11 rings (SSSR count). The maximum atomic E-state index is 2.39. The van der Waals surface area contributed by atoms with Crippen LogP contribution in [0.25, 0.3) is 109 Å². The first-order valence-corrected chi connectivity index (χ1v) is 19.4. The second-order valence-corrected chi connectivity index (χ2v) is 14.8. The quantitative estimate of drug-likeness (QED) is 0.123. The molecular weight excluding hydrogens is 673 g/mol. The minimum absolute atomic E-state index is 1.20. The predicted molar refractivity (Wildman–Crippen MR) is 241 cm³/mol. The fourth-order valence-corrected chi connectivity index (χ4v) is 8.97. The summed E-state index contributed by atoms with van der Waals surface area (Å²) in [4.78, 5) is 0. The lowest BCUT2D eigenvalue weighted by molar-refractivity contribution is 1.56. The van der Waals surface area contributed by atoms with Gasteiger partial charge in [0.2, 0.25) is 0 Å². The van der Waals surface area contributed by atoms with E-state index in [-0.39, 0.29) is 0 Å². The van der Waals surface area contributed by atoms with Crippen molar-refractivity contribution in [2.45, 2.75) is 0 Å². The van der Waals surface area contributed by atoms with Crippen molar-refractivity contribution in [3.63, 3.8) is 0 Å². The van der Waals surface area contributed by atoms with Crippen LogP contribution in [0.3, 0.4) is 0 Å². The van der Waals surface area contributed by atoms with Crippen molar-refractivity contribution in [2.75, 3.05) is 0 Å². The average Bonchev–Trinajstić information content (AvgIpc) is 3.27. The van der Waals surface area contributed by atoms with Crippen molar-refractivity contribution in [1.29, 1.82) is 0 Å². The fraction of sp³-hybridized carbons (Fsp3) is 0. The lowest BCUT2D eigenvalue weighted by Crippen LogP contribution is -1.92. The summed E-state index contributed by atoms with van der Waals surface area (Å²) in [7, 11) is 0. The maximum absolute atomic E-state index is 2.39. The Labute approximate surface area is 326 Å². The zero-order valence-electron chi connectivity index (χ0n) is 30.8. The van der Waals surface area contributed by atoms with Gasteiger partial charge in [-0.05, 0) is 146 Å². The highest BCUT2D eigenvalue weighted by Crippen LogP contribution is 2.46. The second-order valence-electron chi connectivity index (χ2n) is 14.8. The summed E-state index contributed by atoms with van der Waals surface area (Å²) < 4.78 is 0. The number of hydrogen-bond donors (Lipinski definition) is 0. The molecule has 0 aliphatic rings. The SMILES string of the molecule is c1ccc(-c2cc(-c3ccccc3)cc(-c3cccc(-c4c5ccccc5c(-c5cccc6c5ccc5cc7ccccc7cc56)c5ccccc45)c3)c2)cc1. The van der Waals surface area contributed by atoms with Gasteiger partial charge in [-0.1, -0.05) is 182 Å². The molecule has 0 unspecified atom stereocenters. The van der Waals surface area contributed by atoms with E-state index in [1.54, 1.807) is 0 Å². The highest BCUT2D eigenvalue weighted by Gasteiger charge is 2.19. The first-order chi connectivity index (χ1) is 27.8. The molecule has 0 aromatic heterocycles. The molecule has 0 N–H and O–H groups in total. The number of fused-ring (bicyclic) bond motifs is 6. The highest BCUT2D eigenvalue weighted by atomic mass is 14.2. The van der Waals surface area contributed by atoms with Crippen LogP contribution in [-0.2, 0) is 0 Å². The summed E-state index contributed by atoms with van der Waals surface area (Å²) in [5.74, 6) is 0. The topological polar surface area (TPSA) is 0 Å². The standard InChI is InChI=1S/C56H36/c1-3-15-37(16-4-1)44-33-45(38-17-5-2-6-18-38)35-46(34-44)40-21-13-22-43(32-40)55-50-23-9-11-25-52(50)56(53-26-12-10-24-51(53)55)49-28-14-27-47-48(49)30-29-42-31-39-19-7-8-20-41(39)36-54(42)47/h1-36H. The monoisotopic (exact) mass is 708 g/mol. The Morgan fingerprint density at radius 1 is 0.179 bits per heavy atom. The zero-order valence-corrected chi connectivity index (χ0v) is 30.8. The molecule has 0 heterocycles. The van der Waals surface area contributed by atoms with Crippen LogP contribution in [0, 0.1) is 0 Å². The Morgan fingerprint density at radius 2 is 0.625 bits per heavy atom. The van der Waals surface area contributed by atoms with E-state index in [9.17, 15) is 0 Å². The smallest absolute Gasteiger partial charge is 0.00201 e. The molecule has 0 fully saturated rings. The van der Waals surface area contributed by atoms with Gasteiger partial charge in [-0.25, -0.2) is 0 Å². The van der Waals surface area contributed by atoms with Crippen LogP contribution in [0.4, 0.5) is 0 Å². The van der Waals surface area contributed by atoms with E-state index in [1.165, 1.54) is 109 Å². The summed E-state index contributed by atoms with van der Waals surface area (Å²) in [6.45, 7) is 0. The van der Waals surface area contributed by atoms with Gasteiger partial charge >= 0.3 is 0 Å². The summed E-state index contributed by atoms with van der Waals surface area (Å²) in [6.07, 6.45) is 0.